The summed E-state index contributed by atoms with van der Waals surface area (Å²) in [4.78, 5) is 0. The van der Waals surface area contributed by atoms with Gasteiger partial charge in [-0.05, 0) is 136 Å². The molecule has 0 aromatic carbocycles. The Morgan fingerprint density at radius 2 is 1.61 bits per heavy atom. The van der Waals surface area contributed by atoms with Gasteiger partial charge in [-0.2, -0.15) is 0 Å². The number of aliphatic hydroxyl groups excluding tert-OH is 1. The second-order valence-electron chi connectivity index (χ2n) is 13.0. The van der Waals surface area contributed by atoms with Crippen molar-refractivity contribution in [1.29, 1.82) is 0 Å². The highest BCUT2D eigenvalue weighted by Gasteiger charge is 2.60. The molecule has 1 N–H and O–H groups in total. The van der Waals surface area contributed by atoms with Gasteiger partial charge < -0.3 is 5.11 Å². The standard InChI is InChI=1S/C30H52O/c1-7-22(8-2)20(3)9-10-21(4)26-13-14-27-25-12-11-23-19-24(31)15-17-29(23,5)28(25)16-18-30(26,27)6/h21-28,31H,3,7-19H2,1-2,4-6H3. The third-order valence-electron chi connectivity index (χ3n) is 11.9. The van der Waals surface area contributed by atoms with E-state index in [9.17, 15) is 5.11 Å². The molecular weight excluding hydrogens is 376 g/mol. The molecule has 0 bridgehead atoms. The molecular formula is C30H52O. The van der Waals surface area contributed by atoms with Gasteiger partial charge in [0.05, 0.1) is 6.10 Å². The van der Waals surface area contributed by atoms with E-state index >= 15 is 0 Å². The zero-order chi connectivity index (χ0) is 22.4. The largest absolute Gasteiger partial charge is 0.393 e. The fourth-order valence-electron chi connectivity index (χ4n) is 9.90. The van der Waals surface area contributed by atoms with E-state index in [0.717, 1.165) is 54.3 Å². The van der Waals surface area contributed by atoms with Gasteiger partial charge in [-0.1, -0.05) is 46.8 Å². The number of allylic oxidation sites excluding steroid dienone is 1. The summed E-state index contributed by atoms with van der Waals surface area (Å²) in [5.74, 6) is 6.15. The molecule has 4 fully saturated rings. The second-order valence-corrected chi connectivity index (χ2v) is 13.0. The third-order valence-corrected chi connectivity index (χ3v) is 11.9. The normalized spacial score (nSPS) is 45.6. The minimum absolute atomic E-state index is 0.0186. The zero-order valence-electron chi connectivity index (χ0n) is 21.5. The van der Waals surface area contributed by atoms with Crippen LogP contribution in [0.4, 0.5) is 0 Å². The van der Waals surface area contributed by atoms with E-state index < -0.39 is 0 Å². The highest BCUT2D eigenvalue weighted by molar-refractivity contribution is 5.10. The molecule has 4 aliphatic rings. The Labute approximate surface area is 193 Å². The van der Waals surface area contributed by atoms with Gasteiger partial charge in [0.1, 0.15) is 0 Å². The predicted octanol–water partition coefficient (Wildman–Crippen LogP) is 8.41. The smallest absolute Gasteiger partial charge is 0.0543 e. The lowest BCUT2D eigenvalue weighted by atomic mass is 9.44. The van der Waals surface area contributed by atoms with Crippen LogP contribution in [0.15, 0.2) is 12.2 Å². The molecule has 0 heterocycles. The Bertz CT molecular complexity index is 634. The van der Waals surface area contributed by atoms with Gasteiger partial charge in [0.2, 0.25) is 0 Å². The Balaban J connectivity index is 1.43. The fraction of sp³-hybridized carbons (Fsp3) is 0.933. The second kappa shape index (κ2) is 9.15. The monoisotopic (exact) mass is 428 g/mol. The van der Waals surface area contributed by atoms with Crippen molar-refractivity contribution in [2.45, 2.75) is 124 Å². The van der Waals surface area contributed by atoms with Crippen LogP contribution in [0.5, 0.6) is 0 Å². The van der Waals surface area contributed by atoms with Crippen molar-refractivity contribution in [2.24, 2.45) is 52.3 Å². The predicted molar refractivity (Wildman–Crippen MR) is 133 cm³/mol. The molecule has 0 radical (unpaired) electrons. The first kappa shape index (κ1) is 23.8. The fourth-order valence-corrected chi connectivity index (χ4v) is 9.90. The number of fused-ring (bicyclic) bond motifs is 5. The molecule has 0 aliphatic heterocycles. The van der Waals surface area contributed by atoms with Crippen LogP contribution in [-0.2, 0) is 0 Å². The summed E-state index contributed by atoms with van der Waals surface area (Å²) in [6.45, 7) is 17.0. The Kier molecular flexibility index (Phi) is 7.04. The van der Waals surface area contributed by atoms with Gasteiger partial charge in [-0.3, -0.25) is 0 Å². The average molecular weight is 429 g/mol. The van der Waals surface area contributed by atoms with Crippen LogP contribution in [0.1, 0.15) is 118 Å². The van der Waals surface area contributed by atoms with Crippen molar-refractivity contribution < 1.29 is 5.11 Å². The molecule has 4 rings (SSSR count). The summed E-state index contributed by atoms with van der Waals surface area (Å²) in [5, 5.41) is 10.3. The maximum Gasteiger partial charge on any atom is 0.0543 e. The number of rotatable bonds is 7. The third kappa shape index (κ3) is 4.08. The molecule has 0 amide bonds. The molecule has 0 spiro atoms. The molecule has 178 valence electrons. The van der Waals surface area contributed by atoms with Crippen LogP contribution < -0.4 is 0 Å². The Hall–Kier alpha value is -0.300. The molecule has 1 nitrogen and oxygen atoms in total. The van der Waals surface area contributed by atoms with E-state index in [-0.39, 0.29) is 6.10 Å². The van der Waals surface area contributed by atoms with E-state index in [0.29, 0.717) is 10.8 Å². The first-order valence-corrected chi connectivity index (χ1v) is 14.1. The summed E-state index contributed by atoms with van der Waals surface area (Å²) in [7, 11) is 0. The van der Waals surface area contributed by atoms with Crippen LogP contribution in [0.25, 0.3) is 0 Å². The van der Waals surface area contributed by atoms with E-state index in [1.165, 1.54) is 76.2 Å². The van der Waals surface area contributed by atoms with Crippen molar-refractivity contribution in [3.05, 3.63) is 12.2 Å². The van der Waals surface area contributed by atoms with Crippen LogP contribution in [0.2, 0.25) is 0 Å². The van der Waals surface area contributed by atoms with Crippen LogP contribution in [-0.4, -0.2) is 11.2 Å². The molecule has 4 saturated carbocycles. The number of aliphatic hydroxyl groups is 1. The minimum Gasteiger partial charge on any atom is -0.393 e. The molecule has 9 atom stereocenters. The van der Waals surface area contributed by atoms with Crippen molar-refractivity contribution in [2.75, 3.05) is 0 Å². The van der Waals surface area contributed by atoms with Crippen molar-refractivity contribution in [1.82, 2.24) is 0 Å². The van der Waals surface area contributed by atoms with E-state index in [1.807, 2.05) is 0 Å². The molecule has 0 aromatic heterocycles. The number of hydrogen-bond acceptors (Lipinski definition) is 1. The molecule has 4 aliphatic carbocycles. The van der Waals surface area contributed by atoms with Gasteiger partial charge in [-0.15, -0.1) is 0 Å². The molecule has 9 unspecified atom stereocenters. The van der Waals surface area contributed by atoms with Crippen molar-refractivity contribution in [3.8, 4) is 0 Å². The topological polar surface area (TPSA) is 20.2 Å². The van der Waals surface area contributed by atoms with Gasteiger partial charge in [-0.25, -0.2) is 0 Å². The SMILES string of the molecule is C=C(CCC(C)C1CCC2C3CCC4CC(O)CCC4(C)C3CCC12C)C(CC)CC. The van der Waals surface area contributed by atoms with Crippen LogP contribution in [0, 0.1) is 52.3 Å². The van der Waals surface area contributed by atoms with E-state index in [4.69, 9.17) is 0 Å². The molecule has 31 heavy (non-hydrogen) atoms. The summed E-state index contributed by atoms with van der Waals surface area (Å²) < 4.78 is 0. The molecule has 1 heteroatoms. The maximum atomic E-state index is 10.3. The van der Waals surface area contributed by atoms with Gasteiger partial charge in [0.15, 0.2) is 0 Å². The molecule has 0 aromatic rings. The summed E-state index contributed by atoms with van der Waals surface area (Å²) in [6.07, 6.45) is 17.2. The summed E-state index contributed by atoms with van der Waals surface area (Å²) in [6, 6.07) is 0. The number of hydrogen-bond donors (Lipinski definition) is 1. The van der Waals surface area contributed by atoms with Crippen LogP contribution >= 0.6 is 0 Å². The van der Waals surface area contributed by atoms with Gasteiger partial charge in [0, 0.05) is 0 Å². The maximum absolute atomic E-state index is 10.3. The van der Waals surface area contributed by atoms with Crippen LogP contribution in [0.3, 0.4) is 0 Å². The molecule has 0 saturated heterocycles. The lowest BCUT2D eigenvalue weighted by Gasteiger charge is -2.61. The lowest BCUT2D eigenvalue weighted by molar-refractivity contribution is -0.129. The lowest BCUT2D eigenvalue weighted by Crippen LogP contribution is -2.54. The first-order valence-electron chi connectivity index (χ1n) is 14.1. The first-order chi connectivity index (χ1) is 14.7. The van der Waals surface area contributed by atoms with Gasteiger partial charge in [0.25, 0.3) is 0 Å². The summed E-state index contributed by atoms with van der Waals surface area (Å²) >= 11 is 0. The van der Waals surface area contributed by atoms with E-state index in [2.05, 4.69) is 41.2 Å². The highest BCUT2D eigenvalue weighted by atomic mass is 16.3. The minimum atomic E-state index is -0.0186. The Morgan fingerprint density at radius 3 is 2.32 bits per heavy atom. The van der Waals surface area contributed by atoms with Crippen molar-refractivity contribution in [3.63, 3.8) is 0 Å². The van der Waals surface area contributed by atoms with Gasteiger partial charge >= 0.3 is 0 Å². The average Bonchev–Trinajstić information content (AvgIpc) is 3.10. The van der Waals surface area contributed by atoms with Crippen molar-refractivity contribution >= 4 is 0 Å². The highest BCUT2D eigenvalue weighted by Crippen LogP contribution is 2.68. The Morgan fingerprint density at radius 1 is 0.935 bits per heavy atom. The van der Waals surface area contributed by atoms with E-state index in [1.54, 1.807) is 0 Å². The summed E-state index contributed by atoms with van der Waals surface area (Å²) in [5.41, 5.74) is 2.61. The zero-order valence-corrected chi connectivity index (χ0v) is 21.5. The quantitative estimate of drug-likeness (QED) is 0.403.